The summed E-state index contributed by atoms with van der Waals surface area (Å²) in [6, 6.07) is 8.08. The Morgan fingerprint density at radius 2 is 2.06 bits per heavy atom. The smallest absolute Gasteiger partial charge is 0.0412 e. The predicted octanol–water partition coefficient (Wildman–Crippen LogP) is 3.82. The van der Waals surface area contributed by atoms with E-state index in [-0.39, 0.29) is 0 Å². The summed E-state index contributed by atoms with van der Waals surface area (Å²) in [5.74, 6) is 0. The van der Waals surface area contributed by atoms with E-state index in [9.17, 15) is 0 Å². The largest absolute Gasteiger partial charge is 0.313 e. The molecule has 0 aliphatic heterocycles. The molecule has 18 heavy (non-hydrogen) atoms. The third-order valence-electron chi connectivity index (χ3n) is 2.95. The average Bonchev–Trinajstić information content (AvgIpc) is 2.38. The lowest BCUT2D eigenvalue weighted by Gasteiger charge is -2.12. The highest BCUT2D eigenvalue weighted by molar-refractivity contribution is 6.30. The van der Waals surface area contributed by atoms with Gasteiger partial charge in [0, 0.05) is 24.0 Å². The van der Waals surface area contributed by atoms with Crippen LogP contribution in [-0.2, 0) is 6.54 Å². The molecule has 3 heteroatoms. The molecule has 0 radical (unpaired) electrons. The van der Waals surface area contributed by atoms with Gasteiger partial charge in [0.25, 0.3) is 0 Å². The van der Waals surface area contributed by atoms with Gasteiger partial charge in [0.05, 0.1) is 0 Å². The van der Waals surface area contributed by atoms with Crippen molar-refractivity contribution in [2.24, 2.45) is 0 Å². The molecular weight excluding hydrogens is 244 g/mol. The monoisotopic (exact) mass is 260 g/mol. The van der Waals surface area contributed by atoms with Crippen LogP contribution in [0.5, 0.6) is 0 Å². The Morgan fingerprint density at radius 3 is 2.78 bits per heavy atom. The summed E-state index contributed by atoms with van der Waals surface area (Å²) in [6.45, 7) is 5.98. The van der Waals surface area contributed by atoms with Gasteiger partial charge in [-0.05, 0) is 53.9 Å². The number of nitrogens with zero attached hydrogens (tertiary/aromatic N) is 1. The Balaban J connectivity index is 2.48. The third kappa shape index (κ3) is 2.89. The molecule has 0 aliphatic carbocycles. The molecule has 0 saturated carbocycles. The number of aromatic nitrogens is 1. The maximum atomic E-state index is 6.12. The first kappa shape index (κ1) is 13.1. The van der Waals surface area contributed by atoms with Gasteiger partial charge in [-0.25, -0.2) is 0 Å². The maximum Gasteiger partial charge on any atom is 0.0412 e. The van der Waals surface area contributed by atoms with Crippen LogP contribution in [0.15, 0.2) is 36.7 Å². The van der Waals surface area contributed by atoms with E-state index < -0.39 is 0 Å². The molecule has 0 aliphatic rings. The van der Waals surface area contributed by atoms with Crippen LogP contribution in [0.1, 0.15) is 18.1 Å². The van der Waals surface area contributed by atoms with Gasteiger partial charge in [0.15, 0.2) is 0 Å². The van der Waals surface area contributed by atoms with E-state index in [0.717, 1.165) is 23.7 Å². The summed E-state index contributed by atoms with van der Waals surface area (Å²) >= 11 is 6.12. The first-order chi connectivity index (χ1) is 8.72. The standard InChI is InChI=1S/C15H17ClN2/c1-3-17-10-12-4-5-13(16)8-15(12)14-6-7-18-9-11(14)2/h4-9,17H,3,10H2,1-2H3. The van der Waals surface area contributed by atoms with Crippen LogP contribution < -0.4 is 5.32 Å². The van der Waals surface area contributed by atoms with Crippen molar-refractivity contribution in [2.45, 2.75) is 20.4 Å². The SMILES string of the molecule is CCNCc1ccc(Cl)cc1-c1ccncc1C. The van der Waals surface area contributed by atoms with Crippen molar-refractivity contribution in [1.29, 1.82) is 0 Å². The van der Waals surface area contributed by atoms with Crippen molar-refractivity contribution in [1.82, 2.24) is 10.3 Å². The molecule has 2 aromatic rings. The molecule has 2 rings (SSSR count). The fourth-order valence-corrected chi connectivity index (χ4v) is 2.16. The van der Waals surface area contributed by atoms with Gasteiger partial charge in [0.2, 0.25) is 0 Å². The van der Waals surface area contributed by atoms with Crippen LogP contribution in [0.25, 0.3) is 11.1 Å². The lowest BCUT2D eigenvalue weighted by atomic mass is 9.97. The molecule has 1 heterocycles. The molecule has 0 bridgehead atoms. The molecule has 0 saturated heterocycles. The van der Waals surface area contributed by atoms with Gasteiger partial charge >= 0.3 is 0 Å². The fourth-order valence-electron chi connectivity index (χ4n) is 1.99. The Morgan fingerprint density at radius 1 is 1.22 bits per heavy atom. The highest BCUT2D eigenvalue weighted by Gasteiger charge is 2.08. The van der Waals surface area contributed by atoms with Gasteiger partial charge in [-0.2, -0.15) is 0 Å². The summed E-state index contributed by atoms with van der Waals surface area (Å²) in [4.78, 5) is 4.14. The quantitative estimate of drug-likeness (QED) is 0.904. The second-order valence-electron chi connectivity index (χ2n) is 4.27. The third-order valence-corrected chi connectivity index (χ3v) is 3.18. The number of nitrogens with one attached hydrogen (secondary N) is 1. The molecule has 1 aromatic carbocycles. The Bertz CT molecular complexity index is 538. The first-order valence-corrected chi connectivity index (χ1v) is 6.50. The van der Waals surface area contributed by atoms with Crippen molar-refractivity contribution in [3.05, 3.63) is 52.8 Å². The number of hydrogen-bond acceptors (Lipinski definition) is 2. The van der Waals surface area contributed by atoms with Gasteiger partial charge in [-0.1, -0.05) is 24.6 Å². The normalized spacial score (nSPS) is 10.6. The van der Waals surface area contributed by atoms with E-state index in [0.29, 0.717) is 0 Å². The van der Waals surface area contributed by atoms with E-state index in [1.54, 1.807) is 0 Å². The first-order valence-electron chi connectivity index (χ1n) is 6.12. The highest BCUT2D eigenvalue weighted by Crippen LogP contribution is 2.29. The van der Waals surface area contributed by atoms with Crippen molar-refractivity contribution in [3.63, 3.8) is 0 Å². The number of halogens is 1. The fraction of sp³-hybridized carbons (Fsp3) is 0.267. The zero-order valence-electron chi connectivity index (χ0n) is 10.7. The van der Waals surface area contributed by atoms with Crippen LogP contribution >= 0.6 is 11.6 Å². The van der Waals surface area contributed by atoms with Gasteiger partial charge in [0.1, 0.15) is 0 Å². The number of pyridine rings is 1. The summed E-state index contributed by atoms with van der Waals surface area (Å²) in [5.41, 5.74) is 4.80. The van der Waals surface area contributed by atoms with E-state index >= 15 is 0 Å². The summed E-state index contributed by atoms with van der Waals surface area (Å²) in [5, 5.41) is 4.12. The minimum atomic E-state index is 0.765. The Kier molecular flexibility index (Phi) is 4.34. The summed E-state index contributed by atoms with van der Waals surface area (Å²) in [6.07, 6.45) is 3.70. The topological polar surface area (TPSA) is 24.9 Å². The molecule has 0 fully saturated rings. The lowest BCUT2D eigenvalue weighted by molar-refractivity contribution is 0.728. The number of benzene rings is 1. The predicted molar refractivity (Wildman–Crippen MR) is 76.8 cm³/mol. The molecule has 0 atom stereocenters. The van der Waals surface area contributed by atoms with Crippen LogP contribution in [0.2, 0.25) is 5.02 Å². The molecule has 1 N–H and O–H groups in total. The van der Waals surface area contributed by atoms with Gasteiger partial charge in [-0.15, -0.1) is 0 Å². The minimum absolute atomic E-state index is 0.765. The minimum Gasteiger partial charge on any atom is -0.313 e. The van der Waals surface area contributed by atoms with Crippen molar-refractivity contribution in [3.8, 4) is 11.1 Å². The summed E-state index contributed by atoms with van der Waals surface area (Å²) < 4.78 is 0. The van der Waals surface area contributed by atoms with Crippen LogP contribution in [-0.4, -0.2) is 11.5 Å². The zero-order valence-corrected chi connectivity index (χ0v) is 11.5. The molecule has 0 unspecified atom stereocenters. The zero-order chi connectivity index (χ0) is 13.0. The maximum absolute atomic E-state index is 6.12. The van der Waals surface area contributed by atoms with Crippen LogP contribution in [0.3, 0.4) is 0 Å². The molecule has 94 valence electrons. The van der Waals surface area contributed by atoms with E-state index in [2.05, 4.69) is 30.2 Å². The number of rotatable bonds is 4. The van der Waals surface area contributed by atoms with Crippen molar-refractivity contribution in [2.75, 3.05) is 6.54 Å². The van der Waals surface area contributed by atoms with Crippen LogP contribution in [0, 0.1) is 6.92 Å². The average molecular weight is 261 g/mol. The Labute approximate surface area is 113 Å². The second-order valence-corrected chi connectivity index (χ2v) is 4.71. The van der Waals surface area contributed by atoms with Crippen LogP contribution in [0.4, 0.5) is 0 Å². The van der Waals surface area contributed by atoms with Crippen molar-refractivity contribution >= 4 is 11.6 Å². The molecule has 0 amide bonds. The van der Waals surface area contributed by atoms with E-state index in [4.69, 9.17) is 11.6 Å². The van der Waals surface area contributed by atoms with Gasteiger partial charge < -0.3 is 5.32 Å². The molecular formula is C15H17ClN2. The second kappa shape index (κ2) is 5.98. The van der Waals surface area contributed by atoms with E-state index in [1.165, 1.54) is 16.7 Å². The molecule has 1 aromatic heterocycles. The van der Waals surface area contributed by atoms with Gasteiger partial charge in [-0.3, -0.25) is 4.98 Å². The van der Waals surface area contributed by atoms with Crippen molar-refractivity contribution < 1.29 is 0 Å². The summed E-state index contributed by atoms with van der Waals surface area (Å²) in [7, 11) is 0. The number of hydrogen-bond donors (Lipinski definition) is 1. The Hall–Kier alpha value is -1.38. The molecule has 0 spiro atoms. The number of aryl methyl sites for hydroxylation is 1. The van der Waals surface area contributed by atoms with E-state index in [1.807, 2.05) is 30.6 Å². The highest BCUT2D eigenvalue weighted by atomic mass is 35.5. The lowest BCUT2D eigenvalue weighted by Crippen LogP contribution is -2.12. The molecule has 2 nitrogen and oxygen atoms in total.